The van der Waals surface area contributed by atoms with E-state index in [1.807, 2.05) is 35.3 Å². The van der Waals surface area contributed by atoms with Gasteiger partial charge < -0.3 is 14.4 Å². The first-order chi connectivity index (χ1) is 14.2. The van der Waals surface area contributed by atoms with Gasteiger partial charge in [-0.15, -0.1) is 0 Å². The van der Waals surface area contributed by atoms with Gasteiger partial charge in [0.05, 0.1) is 0 Å². The summed E-state index contributed by atoms with van der Waals surface area (Å²) in [6.07, 6.45) is 7.26. The van der Waals surface area contributed by atoms with Crippen LogP contribution in [0.5, 0.6) is 11.5 Å². The van der Waals surface area contributed by atoms with Crippen molar-refractivity contribution >= 4 is 12.0 Å². The smallest absolute Gasteiger partial charge is 0.246 e. The summed E-state index contributed by atoms with van der Waals surface area (Å²) in [4.78, 5) is 16.7. The molecule has 150 valence electrons. The van der Waals surface area contributed by atoms with Gasteiger partial charge in [-0.1, -0.05) is 54.1 Å². The molecule has 0 N–H and O–H groups in total. The minimum absolute atomic E-state index is 0.0653. The Morgan fingerprint density at radius 2 is 1.83 bits per heavy atom. The molecule has 5 heteroatoms. The molecule has 0 unspecified atom stereocenters. The van der Waals surface area contributed by atoms with Gasteiger partial charge in [-0.3, -0.25) is 9.69 Å². The fourth-order valence-electron chi connectivity index (χ4n) is 3.62. The number of rotatable bonds is 5. The van der Waals surface area contributed by atoms with Gasteiger partial charge in [0.15, 0.2) is 11.5 Å². The van der Waals surface area contributed by atoms with Crippen LogP contribution < -0.4 is 9.47 Å². The average Bonchev–Trinajstić information content (AvgIpc) is 3.19. The Kier molecular flexibility index (Phi) is 5.96. The second-order valence-corrected chi connectivity index (χ2v) is 7.42. The summed E-state index contributed by atoms with van der Waals surface area (Å²) in [6, 6.07) is 14.4. The summed E-state index contributed by atoms with van der Waals surface area (Å²) in [5, 5.41) is 0. The number of carbonyl (C=O) groups excluding carboxylic acids is 1. The van der Waals surface area contributed by atoms with Gasteiger partial charge in [-0.25, -0.2) is 0 Å². The number of piperazine rings is 1. The van der Waals surface area contributed by atoms with Crippen molar-refractivity contribution in [2.75, 3.05) is 33.0 Å². The number of carbonyl (C=O) groups is 1. The summed E-state index contributed by atoms with van der Waals surface area (Å²) in [5.41, 5.74) is 3.63. The second kappa shape index (κ2) is 8.97. The Balaban J connectivity index is 1.24. The van der Waals surface area contributed by atoms with Crippen LogP contribution in [0.15, 0.2) is 60.7 Å². The van der Waals surface area contributed by atoms with E-state index >= 15 is 0 Å². The molecule has 2 aromatic rings. The molecule has 2 aliphatic heterocycles. The zero-order valence-electron chi connectivity index (χ0n) is 16.7. The summed E-state index contributed by atoms with van der Waals surface area (Å²) < 4.78 is 10.7. The van der Waals surface area contributed by atoms with E-state index in [4.69, 9.17) is 9.47 Å². The van der Waals surface area contributed by atoms with E-state index in [-0.39, 0.29) is 12.7 Å². The zero-order valence-corrected chi connectivity index (χ0v) is 16.7. The van der Waals surface area contributed by atoms with Crippen molar-refractivity contribution in [3.63, 3.8) is 0 Å². The van der Waals surface area contributed by atoms with Crippen molar-refractivity contribution < 1.29 is 14.3 Å². The molecular weight excluding hydrogens is 364 g/mol. The number of hydrogen-bond donors (Lipinski definition) is 0. The Hall–Kier alpha value is -3.05. The minimum atomic E-state index is 0.0653. The first-order valence-corrected chi connectivity index (χ1v) is 9.98. The van der Waals surface area contributed by atoms with Gasteiger partial charge >= 0.3 is 0 Å². The molecule has 2 aliphatic rings. The molecule has 2 heterocycles. The number of aryl methyl sites for hydroxylation is 1. The second-order valence-electron chi connectivity index (χ2n) is 7.42. The zero-order chi connectivity index (χ0) is 20.1. The van der Waals surface area contributed by atoms with Crippen LogP contribution in [0.2, 0.25) is 0 Å². The number of benzene rings is 2. The van der Waals surface area contributed by atoms with Crippen LogP contribution >= 0.6 is 0 Å². The highest BCUT2D eigenvalue weighted by Gasteiger charge is 2.19. The molecule has 0 radical (unpaired) electrons. The van der Waals surface area contributed by atoms with E-state index in [0.717, 1.165) is 49.8 Å². The molecule has 1 fully saturated rings. The minimum Gasteiger partial charge on any atom is -0.454 e. The van der Waals surface area contributed by atoms with Crippen LogP contribution in [0.3, 0.4) is 0 Å². The SMILES string of the molecule is Cc1cccc(CN2CCN(C(=O)/C=C/C=C/c3ccc4c(c3)OCO4)CC2)c1. The molecule has 1 saturated heterocycles. The van der Waals surface area contributed by atoms with Gasteiger partial charge in [-0.2, -0.15) is 0 Å². The molecule has 5 nitrogen and oxygen atoms in total. The molecule has 0 aromatic heterocycles. The van der Waals surface area contributed by atoms with Crippen molar-refractivity contribution in [3.8, 4) is 11.5 Å². The lowest BCUT2D eigenvalue weighted by Gasteiger charge is -2.34. The summed E-state index contributed by atoms with van der Waals surface area (Å²) in [5.74, 6) is 1.60. The Morgan fingerprint density at radius 1 is 1.00 bits per heavy atom. The molecule has 0 spiro atoms. The lowest BCUT2D eigenvalue weighted by molar-refractivity contribution is -0.127. The highest BCUT2D eigenvalue weighted by molar-refractivity contribution is 5.88. The maximum atomic E-state index is 12.4. The van der Waals surface area contributed by atoms with Crippen molar-refractivity contribution in [1.29, 1.82) is 0 Å². The molecule has 29 heavy (non-hydrogen) atoms. The van der Waals surface area contributed by atoms with E-state index in [1.54, 1.807) is 12.2 Å². The fourth-order valence-corrected chi connectivity index (χ4v) is 3.62. The monoisotopic (exact) mass is 390 g/mol. The topological polar surface area (TPSA) is 42.0 Å². The largest absolute Gasteiger partial charge is 0.454 e. The third kappa shape index (κ3) is 5.06. The maximum Gasteiger partial charge on any atom is 0.246 e. The van der Waals surface area contributed by atoms with Gasteiger partial charge in [0.2, 0.25) is 12.7 Å². The molecule has 0 atom stereocenters. The van der Waals surface area contributed by atoms with E-state index < -0.39 is 0 Å². The summed E-state index contributed by atoms with van der Waals surface area (Å²) in [7, 11) is 0. The highest BCUT2D eigenvalue weighted by atomic mass is 16.7. The molecule has 0 bridgehead atoms. The third-order valence-electron chi connectivity index (χ3n) is 5.21. The maximum absolute atomic E-state index is 12.4. The van der Waals surface area contributed by atoms with Gasteiger partial charge in [0, 0.05) is 38.8 Å². The third-order valence-corrected chi connectivity index (χ3v) is 5.21. The summed E-state index contributed by atoms with van der Waals surface area (Å²) in [6.45, 7) is 6.67. The molecule has 0 saturated carbocycles. The first-order valence-electron chi connectivity index (χ1n) is 9.98. The van der Waals surface area contributed by atoms with Gasteiger partial charge in [0.25, 0.3) is 0 Å². The normalized spacial score (nSPS) is 16.8. The first kappa shape index (κ1) is 19.3. The number of nitrogens with zero attached hydrogens (tertiary/aromatic N) is 2. The van der Waals surface area contributed by atoms with E-state index in [1.165, 1.54) is 11.1 Å². The van der Waals surface area contributed by atoms with Crippen molar-refractivity contribution in [3.05, 3.63) is 77.4 Å². The van der Waals surface area contributed by atoms with E-state index in [0.29, 0.717) is 0 Å². The van der Waals surface area contributed by atoms with Crippen molar-refractivity contribution in [2.45, 2.75) is 13.5 Å². The van der Waals surface area contributed by atoms with Crippen LogP contribution in [0.1, 0.15) is 16.7 Å². The molecule has 4 rings (SSSR count). The van der Waals surface area contributed by atoms with Crippen LogP contribution in [0.4, 0.5) is 0 Å². The molecule has 0 aliphatic carbocycles. The average molecular weight is 390 g/mol. The highest BCUT2D eigenvalue weighted by Crippen LogP contribution is 2.32. The Morgan fingerprint density at radius 3 is 2.66 bits per heavy atom. The fraction of sp³-hybridized carbons (Fsp3) is 0.292. The van der Waals surface area contributed by atoms with E-state index in [9.17, 15) is 4.79 Å². The lowest BCUT2D eigenvalue weighted by atomic mass is 10.1. The van der Waals surface area contributed by atoms with Gasteiger partial charge in [-0.05, 0) is 30.2 Å². The standard InChI is InChI=1S/C24H26N2O3/c1-19-5-4-7-21(15-19)17-25-11-13-26(14-12-25)24(27)8-3-2-6-20-9-10-22-23(16-20)29-18-28-22/h2-10,15-16H,11-14,17-18H2,1H3/b6-2+,8-3+. The number of fused-ring (bicyclic) bond motifs is 1. The number of amides is 1. The quantitative estimate of drug-likeness (QED) is 0.577. The van der Waals surface area contributed by atoms with Gasteiger partial charge in [0.1, 0.15) is 0 Å². The Bertz CT molecular complexity index is 927. The number of allylic oxidation sites excluding steroid dienone is 2. The van der Waals surface area contributed by atoms with E-state index in [2.05, 4.69) is 36.1 Å². The van der Waals surface area contributed by atoms with Crippen molar-refractivity contribution in [1.82, 2.24) is 9.80 Å². The van der Waals surface area contributed by atoms with Crippen LogP contribution in [-0.2, 0) is 11.3 Å². The predicted octanol–water partition coefficient (Wildman–Crippen LogP) is 3.64. The van der Waals surface area contributed by atoms with Crippen molar-refractivity contribution in [2.24, 2.45) is 0 Å². The lowest BCUT2D eigenvalue weighted by Crippen LogP contribution is -2.47. The van der Waals surface area contributed by atoms with Crippen LogP contribution in [-0.4, -0.2) is 48.7 Å². The molecule has 1 amide bonds. The number of ether oxygens (including phenoxy) is 2. The van der Waals surface area contributed by atoms with Crippen LogP contribution in [0.25, 0.3) is 6.08 Å². The summed E-state index contributed by atoms with van der Waals surface area (Å²) >= 11 is 0. The molecular formula is C24H26N2O3. The molecule has 2 aromatic carbocycles. The predicted molar refractivity (Wildman–Crippen MR) is 114 cm³/mol. The Labute approximate surface area is 171 Å². The van der Waals surface area contributed by atoms with Crippen LogP contribution in [0, 0.1) is 6.92 Å². The number of hydrogen-bond acceptors (Lipinski definition) is 4.